The quantitative estimate of drug-likeness (QED) is 0.876. The van der Waals surface area contributed by atoms with Crippen molar-refractivity contribution in [3.63, 3.8) is 0 Å². The van der Waals surface area contributed by atoms with E-state index in [9.17, 15) is 13.5 Å². The summed E-state index contributed by atoms with van der Waals surface area (Å²) in [6.07, 6.45) is 1.57. The van der Waals surface area contributed by atoms with E-state index in [1.54, 1.807) is 32.2 Å². The number of pyridine rings is 1. The van der Waals surface area contributed by atoms with Crippen LogP contribution in [0.25, 0.3) is 10.9 Å². The van der Waals surface area contributed by atoms with Crippen molar-refractivity contribution in [1.29, 1.82) is 0 Å². The second kappa shape index (κ2) is 5.47. The van der Waals surface area contributed by atoms with Gasteiger partial charge in [0.1, 0.15) is 4.90 Å². The second-order valence-corrected chi connectivity index (χ2v) is 7.21. The van der Waals surface area contributed by atoms with E-state index >= 15 is 0 Å². The molecule has 0 fully saturated rings. The molecule has 0 radical (unpaired) electrons. The van der Waals surface area contributed by atoms with Gasteiger partial charge in [0.2, 0.25) is 10.0 Å². The predicted molar refractivity (Wildman–Crippen MR) is 77.8 cm³/mol. The minimum Gasteiger partial charge on any atom is -0.396 e. The molecule has 2 aromatic rings. The maximum Gasteiger partial charge on any atom is 0.242 e. The Morgan fingerprint density at radius 3 is 2.65 bits per heavy atom. The fraction of sp³-hybridized carbons (Fsp3) is 0.357. The van der Waals surface area contributed by atoms with Crippen LogP contribution in [0.15, 0.2) is 41.4 Å². The molecule has 0 aliphatic carbocycles. The number of nitrogens with zero attached hydrogens (tertiary/aromatic N) is 1. The first kappa shape index (κ1) is 14.9. The van der Waals surface area contributed by atoms with Gasteiger partial charge in [-0.1, -0.05) is 32.0 Å². The normalized spacial score (nSPS) is 12.8. The molecule has 2 N–H and O–H groups in total. The lowest BCUT2D eigenvalue weighted by molar-refractivity contribution is 0.163. The first-order valence-electron chi connectivity index (χ1n) is 6.30. The van der Waals surface area contributed by atoms with E-state index in [0.717, 1.165) is 5.39 Å². The van der Waals surface area contributed by atoms with Gasteiger partial charge in [0, 0.05) is 30.1 Å². The molecule has 0 amide bonds. The highest BCUT2D eigenvalue weighted by Crippen LogP contribution is 2.21. The van der Waals surface area contributed by atoms with E-state index in [4.69, 9.17) is 0 Å². The van der Waals surface area contributed by atoms with Crippen molar-refractivity contribution < 1.29 is 13.5 Å². The van der Waals surface area contributed by atoms with Crippen LogP contribution in [0.4, 0.5) is 0 Å². The van der Waals surface area contributed by atoms with E-state index in [-0.39, 0.29) is 18.0 Å². The number of aromatic nitrogens is 1. The van der Waals surface area contributed by atoms with Gasteiger partial charge in [-0.05, 0) is 12.1 Å². The molecule has 0 spiro atoms. The molecule has 0 unspecified atom stereocenters. The largest absolute Gasteiger partial charge is 0.396 e. The van der Waals surface area contributed by atoms with Gasteiger partial charge in [0.15, 0.2) is 0 Å². The van der Waals surface area contributed by atoms with Crippen molar-refractivity contribution in [2.24, 2.45) is 5.41 Å². The zero-order chi connectivity index (χ0) is 14.8. The van der Waals surface area contributed by atoms with Crippen LogP contribution in [0.1, 0.15) is 13.8 Å². The Hall–Kier alpha value is -1.50. The van der Waals surface area contributed by atoms with Crippen LogP contribution >= 0.6 is 0 Å². The third-order valence-electron chi connectivity index (χ3n) is 3.05. The summed E-state index contributed by atoms with van der Waals surface area (Å²) < 4.78 is 27.3. The van der Waals surface area contributed by atoms with Crippen molar-refractivity contribution in [2.45, 2.75) is 18.7 Å². The SMILES string of the molecule is CC(C)(CO)CNS(=O)(=O)c1cccc2cccnc12. The monoisotopic (exact) mass is 294 g/mol. The van der Waals surface area contributed by atoms with Crippen LogP contribution in [0, 0.1) is 5.41 Å². The molecule has 108 valence electrons. The summed E-state index contributed by atoms with van der Waals surface area (Å²) in [6, 6.07) is 8.62. The number of hydrogen-bond donors (Lipinski definition) is 2. The van der Waals surface area contributed by atoms with Crippen molar-refractivity contribution >= 4 is 20.9 Å². The molecule has 0 saturated carbocycles. The molecule has 20 heavy (non-hydrogen) atoms. The maximum absolute atomic E-state index is 12.4. The van der Waals surface area contributed by atoms with Crippen LogP contribution < -0.4 is 4.72 Å². The third-order valence-corrected chi connectivity index (χ3v) is 4.49. The molecule has 0 aliphatic rings. The average molecular weight is 294 g/mol. The molecule has 0 saturated heterocycles. The summed E-state index contributed by atoms with van der Waals surface area (Å²) in [6.45, 7) is 3.64. The molecule has 1 heterocycles. The summed E-state index contributed by atoms with van der Waals surface area (Å²) >= 11 is 0. The summed E-state index contributed by atoms with van der Waals surface area (Å²) in [5, 5.41) is 9.96. The first-order valence-corrected chi connectivity index (χ1v) is 7.78. The van der Waals surface area contributed by atoms with Crippen molar-refractivity contribution in [3.05, 3.63) is 36.5 Å². The molecule has 0 atom stereocenters. The highest BCUT2D eigenvalue weighted by Gasteiger charge is 2.23. The van der Waals surface area contributed by atoms with Gasteiger partial charge in [-0.15, -0.1) is 0 Å². The lowest BCUT2D eigenvalue weighted by Crippen LogP contribution is -2.36. The number of fused-ring (bicyclic) bond motifs is 1. The molecule has 6 heteroatoms. The Balaban J connectivity index is 2.38. The van der Waals surface area contributed by atoms with Gasteiger partial charge in [-0.25, -0.2) is 13.1 Å². The summed E-state index contributed by atoms with van der Waals surface area (Å²) in [5.74, 6) is 0. The number of rotatable bonds is 5. The van der Waals surface area contributed by atoms with E-state index in [1.807, 2.05) is 12.1 Å². The lowest BCUT2D eigenvalue weighted by atomic mass is 9.96. The van der Waals surface area contributed by atoms with Crippen LogP contribution in [0.5, 0.6) is 0 Å². The number of aliphatic hydroxyl groups excluding tert-OH is 1. The Bertz CT molecular complexity index is 706. The van der Waals surface area contributed by atoms with Gasteiger partial charge >= 0.3 is 0 Å². The van der Waals surface area contributed by atoms with Crippen molar-refractivity contribution in [1.82, 2.24) is 9.71 Å². The number of sulfonamides is 1. The van der Waals surface area contributed by atoms with Gasteiger partial charge < -0.3 is 5.11 Å². The lowest BCUT2D eigenvalue weighted by Gasteiger charge is -2.21. The number of benzene rings is 1. The van der Waals surface area contributed by atoms with Crippen LogP contribution in [-0.2, 0) is 10.0 Å². The Kier molecular flexibility index (Phi) is 4.08. The minimum atomic E-state index is -3.65. The number of nitrogens with one attached hydrogen (secondary N) is 1. The molecule has 0 bridgehead atoms. The molecule has 2 rings (SSSR count). The van der Waals surface area contributed by atoms with E-state index in [2.05, 4.69) is 9.71 Å². The second-order valence-electron chi connectivity index (χ2n) is 5.48. The van der Waals surface area contributed by atoms with Crippen LogP contribution in [0.2, 0.25) is 0 Å². The van der Waals surface area contributed by atoms with Crippen LogP contribution in [-0.4, -0.2) is 31.7 Å². The van der Waals surface area contributed by atoms with Gasteiger partial charge in [0.25, 0.3) is 0 Å². The van der Waals surface area contributed by atoms with E-state index < -0.39 is 15.4 Å². The van der Waals surface area contributed by atoms with E-state index in [1.165, 1.54) is 6.07 Å². The third kappa shape index (κ3) is 3.15. The number of para-hydroxylation sites is 1. The molecule has 5 nitrogen and oxygen atoms in total. The topological polar surface area (TPSA) is 79.3 Å². The standard InChI is InChI=1S/C14H18N2O3S/c1-14(2,10-17)9-16-20(18,19)12-7-3-5-11-6-4-8-15-13(11)12/h3-8,16-17H,9-10H2,1-2H3. The zero-order valence-corrected chi connectivity index (χ0v) is 12.3. The fourth-order valence-corrected chi connectivity index (χ4v) is 3.14. The van der Waals surface area contributed by atoms with Gasteiger partial charge in [0.05, 0.1) is 5.52 Å². The summed E-state index contributed by atoms with van der Waals surface area (Å²) in [5.41, 5.74) is -0.0604. The molecule has 1 aromatic carbocycles. The molecular weight excluding hydrogens is 276 g/mol. The van der Waals surface area contributed by atoms with E-state index in [0.29, 0.717) is 5.52 Å². The zero-order valence-electron chi connectivity index (χ0n) is 11.5. The highest BCUT2D eigenvalue weighted by molar-refractivity contribution is 7.89. The summed E-state index contributed by atoms with van der Waals surface area (Å²) in [4.78, 5) is 4.30. The predicted octanol–water partition coefficient (Wildman–Crippen LogP) is 1.53. The fourth-order valence-electron chi connectivity index (χ4n) is 1.72. The Morgan fingerprint density at radius 2 is 1.95 bits per heavy atom. The smallest absolute Gasteiger partial charge is 0.242 e. The molecule has 0 aliphatic heterocycles. The average Bonchev–Trinajstić information content (AvgIpc) is 2.45. The van der Waals surface area contributed by atoms with Crippen molar-refractivity contribution in [3.8, 4) is 0 Å². The molecule has 1 aromatic heterocycles. The first-order chi connectivity index (χ1) is 9.36. The van der Waals surface area contributed by atoms with Crippen LogP contribution in [0.3, 0.4) is 0 Å². The maximum atomic E-state index is 12.4. The Labute approximate surface area is 118 Å². The molecular formula is C14H18N2O3S. The van der Waals surface area contributed by atoms with Gasteiger partial charge in [-0.3, -0.25) is 4.98 Å². The highest BCUT2D eigenvalue weighted by atomic mass is 32.2. The summed E-state index contributed by atoms with van der Waals surface area (Å²) in [7, 11) is -3.65. The Morgan fingerprint density at radius 1 is 1.25 bits per heavy atom. The minimum absolute atomic E-state index is 0.0939. The van der Waals surface area contributed by atoms with Crippen molar-refractivity contribution in [2.75, 3.05) is 13.2 Å². The number of aliphatic hydroxyl groups is 1. The van der Waals surface area contributed by atoms with Gasteiger partial charge in [-0.2, -0.15) is 0 Å². The number of hydrogen-bond acceptors (Lipinski definition) is 4.